The predicted octanol–water partition coefficient (Wildman–Crippen LogP) is 3.14. The highest BCUT2D eigenvalue weighted by molar-refractivity contribution is 6.00. The summed E-state index contributed by atoms with van der Waals surface area (Å²) in [7, 11) is 2.51. The van der Waals surface area contributed by atoms with Gasteiger partial charge in [0.1, 0.15) is 18.2 Å². The molecule has 1 aliphatic heterocycles. The lowest BCUT2D eigenvalue weighted by atomic mass is 9.80. The molecule has 1 aliphatic rings. The van der Waals surface area contributed by atoms with Crippen molar-refractivity contribution in [2.45, 2.75) is 32.8 Å². The van der Waals surface area contributed by atoms with Crippen molar-refractivity contribution in [2.75, 3.05) is 20.9 Å². The molecule has 6 nitrogen and oxygen atoms in total. The molecule has 0 radical (unpaired) electrons. The Balaban J connectivity index is 2.80. The number of dihydropyridines is 1. The fourth-order valence-corrected chi connectivity index (χ4v) is 3.14. The number of esters is 2. The summed E-state index contributed by atoms with van der Waals surface area (Å²) in [5, 5.41) is 2.74. The average molecular weight is 395 g/mol. The van der Waals surface area contributed by atoms with Crippen molar-refractivity contribution in [3.05, 3.63) is 52.1 Å². The molecule has 152 valence electrons. The lowest BCUT2D eigenvalue weighted by Gasteiger charge is -2.31. The van der Waals surface area contributed by atoms with Gasteiger partial charge in [0.05, 0.1) is 43.1 Å². The standard InChI is InChI=1S/C20H23F2NO5/c1-10(2)28-20(25)16-11(3)23-14(9-21)18(19(24)27-5)17(16)13-8-12(22)6-7-15(13)26-4/h6-8,10,17,23H,9H2,1-5H3. The second-order valence-corrected chi connectivity index (χ2v) is 6.45. The number of carbonyl (C=O) groups excluding carboxylic acids is 2. The van der Waals surface area contributed by atoms with Crippen LogP contribution in [0.1, 0.15) is 32.3 Å². The van der Waals surface area contributed by atoms with E-state index in [1.54, 1.807) is 20.8 Å². The first kappa shape index (κ1) is 21.4. The number of hydrogen-bond donors (Lipinski definition) is 1. The Morgan fingerprint density at radius 3 is 2.39 bits per heavy atom. The van der Waals surface area contributed by atoms with E-state index in [2.05, 4.69) is 5.32 Å². The Morgan fingerprint density at radius 2 is 1.86 bits per heavy atom. The molecule has 0 aromatic heterocycles. The van der Waals surface area contributed by atoms with E-state index in [-0.39, 0.29) is 28.2 Å². The van der Waals surface area contributed by atoms with Crippen LogP contribution in [-0.4, -0.2) is 38.9 Å². The number of allylic oxidation sites excluding steroid dienone is 2. The predicted molar refractivity (Wildman–Crippen MR) is 97.8 cm³/mol. The summed E-state index contributed by atoms with van der Waals surface area (Å²) < 4.78 is 43.2. The Kier molecular flexibility index (Phi) is 6.77. The lowest BCUT2D eigenvalue weighted by molar-refractivity contribution is -0.143. The van der Waals surface area contributed by atoms with Gasteiger partial charge >= 0.3 is 11.9 Å². The molecule has 0 aliphatic carbocycles. The number of methoxy groups -OCH3 is 2. The molecular formula is C20H23F2NO5. The number of benzene rings is 1. The minimum absolute atomic E-state index is 0.0511. The van der Waals surface area contributed by atoms with Gasteiger partial charge in [0.25, 0.3) is 0 Å². The molecule has 0 amide bonds. The van der Waals surface area contributed by atoms with Gasteiger partial charge in [-0.15, -0.1) is 0 Å². The van der Waals surface area contributed by atoms with Crippen LogP contribution in [0.15, 0.2) is 40.7 Å². The number of hydrogen-bond acceptors (Lipinski definition) is 6. The smallest absolute Gasteiger partial charge is 0.337 e. The average Bonchev–Trinajstić information content (AvgIpc) is 2.65. The van der Waals surface area contributed by atoms with E-state index in [1.807, 2.05) is 0 Å². The van der Waals surface area contributed by atoms with Crippen molar-refractivity contribution in [3.8, 4) is 5.75 Å². The Morgan fingerprint density at radius 1 is 1.18 bits per heavy atom. The van der Waals surface area contributed by atoms with Gasteiger partial charge in [0, 0.05) is 11.3 Å². The van der Waals surface area contributed by atoms with E-state index in [9.17, 15) is 18.4 Å². The van der Waals surface area contributed by atoms with Crippen LogP contribution in [0.25, 0.3) is 0 Å². The molecular weight excluding hydrogens is 372 g/mol. The van der Waals surface area contributed by atoms with Gasteiger partial charge in [0.15, 0.2) is 0 Å². The summed E-state index contributed by atoms with van der Waals surface area (Å²) in [6.45, 7) is 3.89. The fourth-order valence-electron chi connectivity index (χ4n) is 3.14. The molecule has 1 heterocycles. The fraction of sp³-hybridized carbons (Fsp3) is 0.400. The van der Waals surface area contributed by atoms with Crippen LogP contribution in [0.3, 0.4) is 0 Å². The van der Waals surface area contributed by atoms with E-state index in [4.69, 9.17) is 14.2 Å². The summed E-state index contributed by atoms with van der Waals surface area (Å²) in [6, 6.07) is 3.70. The summed E-state index contributed by atoms with van der Waals surface area (Å²) >= 11 is 0. The topological polar surface area (TPSA) is 73.9 Å². The highest BCUT2D eigenvalue weighted by Gasteiger charge is 2.40. The zero-order valence-electron chi connectivity index (χ0n) is 16.4. The largest absolute Gasteiger partial charge is 0.496 e. The normalized spacial score (nSPS) is 16.8. The molecule has 1 N–H and O–H groups in total. The summed E-state index contributed by atoms with van der Waals surface area (Å²) in [4.78, 5) is 25.3. The molecule has 8 heteroatoms. The lowest BCUT2D eigenvalue weighted by Crippen LogP contribution is -2.34. The summed E-state index contributed by atoms with van der Waals surface area (Å²) in [6.07, 6.45) is -0.434. The molecule has 1 aromatic rings. The van der Waals surface area contributed by atoms with Crippen molar-refractivity contribution in [1.29, 1.82) is 0 Å². The highest BCUT2D eigenvalue weighted by Crippen LogP contribution is 2.43. The van der Waals surface area contributed by atoms with E-state index in [1.165, 1.54) is 19.2 Å². The molecule has 0 saturated heterocycles. The van der Waals surface area contributed by atoms with Crippen LogP contribution >= 0.6 is 0 Å². The molecule has 0 bridgehead atoms. The molecule has 1 unspecified atom stereocenters. The number of carbonyl (C=O) groups is 2. The number of ether oxygens (including phenoxy) is 3. The third-order valence-electron chi connectivity index (χ3n) is 4.25. The van der Waals surface area contributed by atoms with Crippen LogP contribution in [0, 0.1) is 5.82 Å². The first-order chi connectivity index (χ1) is 13.2. The van der Waals surface area contributed by atoms with Crippen molar-refractivity contribution in [1.82, 2.24) is 5.32 Å². The maximum atomic E-state index is 14.1. The quantitative estimate of drug-likeness (QED) is 0.746. The third kappa shape index (κ3) is 4.16. The van der Waals surface area contributed by atoms with Crippen molar-refractivity contribution >= 4 is 11.9 Å². The first-order valence-electron chi connectivity index (χ1n) is 8.64. The third-order valence-corrected chi connectivity index (χ3v) is 4.25. The van der Waals surface area contributed by atoms with E-state index in [0.29, 0.717) is 5.70 Å². The maximum absolute atomic E-state index is 14.1. The Bertz CT molecular complexity index is 845. The molecule has 0 saturated carbocycles. The van der Waals surface area contributed by atoms with Gasteiger partial charge in [-0.1, -0.05) is 0 Å². The number of alkyl halides is 1. The molecule has 1 aromatic carbocycles. The van der Waals surface area contributed by atoms with Gasteiger partial charge in [-0.05, 0) is 39.0 Å². The van der Waals surface area contributed by atoms with Crippen LogP contribution in [-0.2, 0) is 19.1 Å². The van der Waals surface area contributed by atoms with Crippen LogP contribution < -0.4 is 10.1 Å². The Hall–Kier alpha value is -2.90. The number of nitrogens with one attached hydrogen (secondary N) is 1. The first-order valence-corrected chi connectivity index (χ1v) is 8.64. The number of rotatable bonds is 6. The SMILES string of the molecule is COC(=O)C1=C(CF)NC(C)=C(C(=O)OC(C)C)C1c1cc(F)ccc1OC. The molecule has 0 fully saturated rings. The minimum Gasteiger partial charge on any atom is -0.496 e. The van der Waals surface area contributed by atoms with Crippen LogP contribution in [0.4, 0.5) is 8.78 Å². The van der Waals surface area contributed by atoms with Gasteiger partial charge in [0.2, 0.25) is 0 Å². The van der Waals surface area contributed by atoms with Crippen molar-refractivity contribution in [3.63, 3.8) is 0 Å². The Labute approximate surface area is 162 Å². The zero-order valence-corrected chi connectivity index (χ0v) is 16.4. The van der Waals surface area contributed by atoms with E-state index in [0.717, 1.165) is 13.2 Å². The second-order valence-electron chi connectivity index (χ2n) is 6.45. The highest BCUT2D eigenvalue weighted by atomic mass is 19.1. The maximum Gasteiger partial charge on any atom is 0.337 e. The van der Waals surface area contributed by atoms with Gasteiger partial charge in [-0.3, -0.25) is 0 Å². The van der Waals surface area contributed by atoms with Gasteiger partial charge in [-0.2, -0.15) is 0 Å². The van der Waals surface area contributed by atoms with Crippen molar-refractivity contribution < 1.29 is 32.6 Å². The monoisotopic (exact) mass is 395 g/mol. The number of halogens is 2. The van der Waals surface area contributed by atoms with Gasteiger partial charge in [-0.25, -0.2) is 18.4 Å². The second kappa shape index (κ2) is 8.86. The summed E-state index contributed by atoms with van der Waals surface area (Å²) in [5.74, 6) is -3.06. The van der Waals surface area contributed by atoms with Crippen LogP contribution in [0.2, 0.25) is 0 Å². The zero-order chi connectivity index (χ0) is 21.0. The molecule has 28 heavy (non-hydrogen) atoms. The molecule has 0 spiro atoms. The van der Waals surface area contributed by atoms with Gasteiger partial charge < -0.3 is 19.5 Å². The van der Waals surface area contributed by atoms with E-state index >= 15 is 0 Å². The van der Waals surface area contributed by atoms with Crippen LogP contribution in [0.5, 0.6) is 5.75 Å². The summed E-state index contributed by atoms with van der Waals surface area (Å²) in [5.41, 5.74) is 0.319. The van der Waals surface area contributed by atoms with E-state index < -0.39 is 36.5 Å². The minimum atomic E-state index is -1.13. The molecule has 1 atom stereocenters. The molecule has 2 rings (SSSR count). The van der Waals surface area contributed by atoms with Crippen molar-refractivity contribution in [2.24, 2.45) is 0 Å².